The van der Waals surface area contributed by atoms with Crippen LogP contribution >= 0.6 is 0 Å². The Morgan fingerprint density at radius 3 is 2.48 bits per heavy atom. The van der Waals surface area contributed by atoms with Crippen LogP contribution in [0.5, 0.6) is 5.75 Å². The van der Waals surface area contributed by atoms with E-state index >= 15 is 0 Å². The van der Waals surface area contributed by atoms with Gasteiger partial charge in [-0.2, -0.15) is 0 Å². The Morgan fingerprint density at radius 1 is 1.19 bits per heavy atom. The quantitative estimate of drug-likeness (QED) is 0.317. The van der Waals surface area contributed by atoms with Gasteiger partial charge in [0.1, 0.15) is 5.75 Å². The maximum absolute atomic E-state index is 9.39. The van der Waals surface area contributed by atoms with Gasteiger partial charge >= 0.3 is 0 Å². The minimum atomic E-state index is -1.63. The van der Waals surface area contributed by atoms with Gasteiger partial charge in [-0.3, -0.25) is 0 Å². The molecular formula is C23H38O3Si. The van der Waals surface area contributed by atoms with Crippen LogP contribution in [0.1, 0.15) is 57.1 Å². The number of aliphatic hydroxyl groups excluding tert-OH is 1. The van der Waals surface area contributed by atoms with E-state index in [1.165, 1.54) is 11.1 Å². The summed E-state index contributed by atoms with van der Waals surface area (Å²) in [7, 11) is 0.0888. The van der Waals surface area contributed by atoms with Crippen LogP contribution in [0.2, 0.25) is 18.1 Å². The second-order valence-electron chi connectivity index (χ2n) is 9.26. The van der Waals surface area contributed by atoms with Crippen molar-refractivity contribution in [2.24, 2.45) is 5.92 Å². The van der Waals surface area contributed by atoms with E-state index in [0.717, 1.165) is 38.0 Å². The number of benzene rings is 1. The fourth-order valence-corrected chi connectivity index (χ4v) is 4.25. The molecule has 1 aromatic carbocycles. The summed E-state index contributed by atoms with van der Waals surface area (Å²) in [6, 6.07) is 6.39. The molecule has 1 aliphatic rings. The molecule has 0 aromatic heterocycles. The van der Waals surface area contributed by atoms with E-state index in [4.69, 9.17) is 9.16 Å². The van der Waals surface area contributed by atoms with Crippen molar-refractivity contribution in [3.63, 3.8) is 0 Å². The molecule has 1 aliphatic carbocycles. The second-order valence-corrected chi connectivity index (χ2v) is 14.1. The summed E-state index contributed by atoms with van der Waals surface area (Å²) < 4.78 is 11.6. The number of aliphatic hydroxyl groups is 1. The van der Waals surface area contributed by atoms with Gasteiger partial charge in [-0.05, 0) is 78.9 Å². The van der Waals surface area contributed by atoms with Crippen LogP contribution in [0.4, 0.5) is 0 Å². The number of aryl methyl sites for hydroxylation is 1. The van der Waals surface area contributed by atoms with Crippen LogP contribution in [-0.4, -0.2) is 33.7 Å². The first kappa shape index (κ1) is 22.2. The Hall–Kier alpha value is -1.10. The predicted octanol–water partition coefficient (Wildman–Crippen LogP) is 5.69. The molecule has 1 saturated carbocycles. The van der Waals surface area contributed by atoms with Crippen LogP contribution in [0, 0.1) is 5.92 Å². The fourth-order valence-electron chi connectivity index (χ4n) is 3.19. The molecule has 0 spiro atoms. The molecule has 0 unspecified atom stereocenters. The Labute approximate surface area is 166 Å². The summed E-state index contributed by atoms with van der Waals surface area (Å²) in [4.78, 5) is 0. The van der Waals surface area contributed by atoms with Gasteiger partial charge in [0.2, 0.25) is 0 Å². The van der Waals surface area contributed by atoms with Crippen LogP contribution in [0.25, 0.3) is 0 Å². The van der Waals surface area contributed by atoms with Gasteiger partial charge in [0.05, 0.1) is 7.11 Å². The number of hydrogen-bond donors (Lipinski definition) is 1. The van der Waals surface area contributed by atoms with Gasteiger partial charge in [0.15, 0.2) is 8.32 Å². The van der Waals surface area contributed by atoms with Crippen molar-refractivity contribution in [3.05, 3.63) is 41.5 Å². The van der Waals surface area contributed by atoms with Crippen molar-refractivity contribution in [2.45, 2.75) is 70.5 Å². The van der Waals surface area contributed by atoms with Crippen molar-refractivity contribution in [2.75, 3.05) is 20.3 Å². The lowest BCUT2D eigenvalue weighted by Gasteiger charge is -2.36. The monoisotopic (exact) mass is 390 g/mol. The number of allylic oxidation sites excluding steroid dienone is 1. The summed E-state index contributed by atoms with van der Waals surface area (Å²) in [5, 5.41) is 9.66. The van der Waals surface area contributed by atoms with Gasteiger partial charge in [0.25, 0.3) is 0 Å². The normalized spacial score (nSPS) is 20.3. The number of ether oxygens (including phenoxy) is 1. The Balaban J connectivity index is 1.82. The van der Waals surface area contributed by atoms with Crippen molar-refractivity contribution in [1.29, 1.82) is 0 Å². The summed E-state index contributed by atoms with van der Waals surface area (Å²) in [5.41, 5.74) is 2.75. The van der Waals surface area contributed by atoms with Crippen molar-refractivity contribution >= 4 is 8.32 Å². The van der Waals surface area contributed by atoms with E-state index in [-0.39, 0.29) is 5.04 Å². The maximum Gasteiger partial charge on any atom is 0.191 e. The van der Waals surface area contributed by atoms with E-state index in [2.05, 4.69) is 58.2 Å². The lowest BCUT2D eigenvalue weighted by molar-refractivity contribution is 0.274. The molecule has 1 N–H and O–H groups in total. The summed E-state index contributed by atoms with van der Waals surface area (Å²) in [6.45, 7) is 12.6. The molecule has 0 saturated heterocycles. The Kier molecular flexibility index (Phi) is 7.72. The molecule has 4 heteroatoms. The molecule has 0 heterocycles. The zero-order chi connectivity index (χ0) is 20.1. The highest BCUT2D eigenvalue weighted by Crippen LogP contribution is 2.48. The number of hydrogen-bond acceptors (Lipinski definition) is 3. The lowest BCUT2D eigenvalue weighted by Crippen LogP contribution is -2.40. The Morgan fingerprint density at radius 2 is 1.89 bits per heavy atom. The minimum absolute atomic E-state index is 0.273. The Bertz CT molecular complexity index is 631. The molecule has 152 valence electrons. The van der Waals surface area contributed by atoms with Gasteiger partial charge < -0.3 is 14.3 Å². The molecule has 1 aromatic rings. The van der Waals surface area contributed by atoms with Crippen molar-refractivity contribution < 1.29 is 14.3 Å². The van der Waals surface area contributed by atoms with Crippen LogP contribution in [-0.2, 0) is 10.8 Å². The van der Waals surface area contributed by atoms with Crippen molar-refractivity contribution in [1.82, 2.24) is 0 Å². The molecule has 0 bridgehead atoms. The zero-order valence-electron chi connectivity index (χ0n) is 18.0. The van der Waals surface area contributed by atoms with Gasteiger partial charge in [-0.25, -0.2) is 0 Å². The molecule has 3 nitrogen and oxygen atoms in total. The highest BCUT2D eigenvalue weighted by molar-refractivity contribution is 6.74. The number of methoxy groups -OCH3 is 1. The summed E-state index contributed by atoms with van der Waals surface area (Å²) in [6.07, 6.45) is 8.65. The van der Waals surface area contributed by atoms with Crippen LogP contribution < -0.4 is 4.74 Å². The van der Waals surface area contributed by atoms with E-state index in [1.54, 1.807) is 7.11 Å². The largest absolute Gasteiger partial charge is 0.497 e. The highest BCUT2D eigenvalue weighted by atomic mass is 28.4. The summed E-state index contributed by atoms with van der Waals surface area (Å²) >= 11 is 0. The second kappa shape index (κ2) is 9.40. The third-order valence-corrected chi connectivity index (χ3v) is 10.7. The average Bonchev–Trinajstić information content (AvgIpc) is 3.39. The first-order valence-electron chi connectivity index (χ1n) is 10.3. The van der Waals surface area contributed by atoms with Crippen molar-refractivity contribution in [3.8, 4) is 5.75 Å². The van der Waals surface area contributed by atoms with Crippen LogP contribution in [0.3, 0.4) is 0 Å². The first-order chi connectivity index (χ1) is 12.7. The molecular weight excluding hydrogens is 352 g/mol. The van der Waals surface area contributed by atoms with Crippen LogP contribution in [0.15, 0.2) is 30.4 Å². The molecule has 0 aliphatic heterocycles. The highest BCUT2D eigenvalue weighted by Gasteiger charge is 2.38. The third-order valence-electron chi connectivity index (χ3n) is 6.21. The van der Waals surface area contributed by atoms with Gasteiger partial charge in [-0.15, -0.1) is 0 Å². The number of rotatable bonds is 10. The molecule has 0 radical (unpaired) electrons. The molecule has 1 fully saturated rings. The third kappa shape index (κ3) is 6.20. The topological polar surface area (TPSA) is 38.7 Å². The smallest absolute Gasteiger partial charge is 0.191 e. The summed E-state index contributed by atoms with van der Waals surface area (Å²) in [5.74, 6) is 1.89. The van der Waals surface area contributed by atoms with E-state index in [9.17, 15) is 5.11 Å². The SMILES string of the molecule is COc1ccc([C@H]2C[C@@H]2CO)c(CC/C=C\CCO[Si](C)(C)C(C)(C)C)c1. The molecule has 27 heavy (non-hydrogen) atoms. The lowest BCUT2D eigenvalue weighted by atomic mass is 9.97. The van der Waals surface area contributed by atoms with E-state index in [0.29, 0.717) is 18.4 Å². The molecule has 0 amide bonds. The van der Waals surface area contributed by atoms with E-state index < -0.39 is 8.32 Å². The maximum atomic E-state index is 9.39. The zero-order valence-corrected chi connectivity index (χ0v) is 19.0. The minimum Gasteiger partial charge on any atom is -0.497 e. The predicted molar refractivity (Wildman–Crippen MR) is 116 cm³/mol. The van der Waals surface area contributed by atoms with Gasteiger partial charge in [-0.1, -0.05) is 39.0 Å². The average molecular weight is 391 g/mol. The first-order valence-corrected chi connectivity index (χ1v) is 13.2. The fraction of sp³-hybridized carbons (Fsp3) is 0.652. The van der Waals surface area contributed by atoms with E-state index in [1.807, 2.05) is 6.07 Å². The standard InChI is InChI=1S/C23H38O3Si/c1-23(2,3)27(5,6)26-14-10-8-7-9-11-18-15-20(25-4)12-13-21(18)22-16-19(22)17-24/h7-8,12-13,15,19,22,24H,9-11,14,16-17H2,1-6H3/b8-7-/t19-,22+/m1/s1. The molecule has 2 atom stereocenters. The molecule has 2 rings (SSSR count). The van der Waals surface area contributed by atoms with Gasteiger partial charge in [0, 0.05) is 13.2 Å².